The van der Waals surface area contributed by atoms with Gasteiger partial charge in [0, 0.05) is 18.5 Å². The maximum absolute atomic E-state index is 12.0. The summed E-state index contributed by atoms with van der Waals surface area (Å²) >= 11 is 0. The summed E-state index contributed by atoms with van der Waals surface area (Å²) in [6, 6.07) is 7.68. The molecule has 0 atom stereocenters. The lowest BCUT2D eigenvalue weighted by atomic mass is 9.93. The second-order valence-corrected chi connectivity index (χ2v) is 6.28. The average molecular weight is 369 g/mol. The van der Waals surface area contributed by atoms with E-state index in [4.69, 9.17) is 4.74 Å². The Morgan fingerprint density at radius 1 is 1.16 bits per heavy atom. The van der Waals surface area contributed by atoms with Gasteiger partial charge in [-0.3, -0.25) is 9.59 Å². The van der Waals surface area contributed by atoms with Crippen molar-refractivity contribution in [1.82, 2.24) is 5.32 Å². The first-order valence-corrected chi connectivity index (χ1v) is 8.92. The van der Waals surface area contributed by atoms with E-state index in [1.807, 2.05) is 24.3 Å². The predicted octanol–water partition coefficient (Wildman–Crippen LogP) is 3.32. The van der Waals surface area contributed by atoms with Crippen LogP contribution in [0.2, 0.25) is 0 Å². The van der Waals surface area contributed by atoms with Crippen LogP contribution in [0.1, 0.15) is 44.6 Å². The van der Waals surface area contributed by atoms with E-state index in [1.54, 1.807) is 6.92 Å². The minimum atomic E-state index is -0.173. The average Bonchev–Trinajstić information content (AvgIpc) is 2.60. The molecule has 0 aromatic heterocycles. The monoisotopic (exact) mass is 368 g/mol. The first kappa shape index (κ1) is 21.5. The summed E-state index contributed by atoms with van der Waals surface area (Å²) in [6.07, 6.45) is 4.92. The SMILES string of the molecule is CCOC(=O)CCc1ccc(NC(=O)CCC2CCNCC2)cc1.Cl. The van der Waals surface area contributed by atoms with E-state index in [1.165, 1.54) is 12.8 Å². The van der Waals surface area contributed by atoms with E-state index in [0.717, 1.165) is 30.8 Å². The fourth-order valence-electron chi connectivity index (χ4n) is 2.96. The topological polar surface area (TPSA) is 67.4 Å². The van der Waals surface area contributed by atoms with Crippen LogP contribution in [0.25, 0.3) is 0 Å². The maximum atomic E-state index is 12.0. The summed E-state index contributed by atoms with van der Waals surface area (Å²) in [7, 11) is 0. The van der Waals surface area contributed by atoms with Gasteiger partial charge in [-0.25, -0.2) is 0 Å². The molecule has 0 unspecified atom stereocenters. The Labute approximate surface area is 156 Å². The quantitative estimate of drug-likeness (QED) is 0.691. The number of amides is 1. The van der Waals surface area contributed by atoms with Gasteiger partial charge in [-0.2, -0.15) is 0 Å². The molecule has 2 N–H and O–H groups in total. The van der Waals surface area contributed by atoms with E-state index >= 15 is 0 Å². The van der Waals surface area contributed by atoms with Crippen LogP contribution in [0.5, 0.6) is 0 Å². The molecule has 0 saturated carbocycles. The summed E-state index contributed by atoms with van der Waals surface area (Å²) in [5.74, 6) is 0.572. The first-order chi connectivity index (χ1) is 11.7. The van der Waals surface area contributed by atoms with Gasteiger partial charge >= 0.3 is 5.97 Å². The number of hydrogen-bond acceptors (Lipinski definition) is 4. The number of halogens is 1. The number of rotatable bonds is 8. The predicted molar refractivity (Wildman–Crippen MR) is 102 cm³/mol. The highest BCUT2D eigenvalue weighted by molar-refractivity contribution is 5.90. The lowest BCUT2D eigenvalue weighted by Crippen LogP contribution is -2.28. The van der Waals surface area contributed by atoms with Crippen molar-refractivity contribution in [1.29, 1.82) is 0 Å². The molecule has 2 rings (SSSR count). The van der Waals surface area contributed by atoms with Crippen LogP contribution in [0.4, 0.5) is 5.69 Å². The van der Waals surface area contributed by atoms with E-state index in [0.29, 0.717) is 31.8 Å². The van der Waals surface area contributed by atoms with Crippen molar-refractivity contribution in [2.45, 2.75) is 45.4 Å². The smallest absolute Gasteiger partial charge is 0.306 e. The van der Waals surface area contributed by atoms with Gasteiger partial charge < -0.3 is 15.4 Å². The molecule has 25 heavy (non-hydrogen) atoms. The van der Waals surface area contributed by atoms with Crippen LogP contribution < -0.4 is 10.6 Å². The van der Waals surface area contributed by atoms with E-state index in [-0.39, 0.29) is 24.3 Å². The largest absolute Gasteiger partial charge is 0.466 e. The number of anilines is 1. The minimum absolute atomic E-state index is 0. The summed E-state index contributed by atoms with van der Waals surface area (Å²) in [5, 5.41) is 6.29. The van der Waals surface area contributed by atoms with E-state index in [9.17, 15) is 9.59 Å². The summed E-state index contributed by atoms with van der Waals surface area (Å²) < 4.78 is 4.92. The van der Waals surface area contributed by atoms with Crippen molar-refractivity contribution in [3.63, 3.8) is 0 Å². The van der Waals surface area contributed by atoms with Crippen LogP contribution in [-0.2, 0) is 20.7 Å². The van der Waals surface area contributed by atoms with Crippen LogP contribution in [0.15, 0.2) is 24.3 Å². The number of esters is 1. The molecule has 0 bridgehead atoms. The van der Waals surface area contributed by atoms with E-state index < -0.39 is 0 Å². The number of carbonyl (C=O) groups excluding carboxylic acids is 2. The highest BCUT2D eigenvalue weighted by Crippen LogP contribution is 2.18. The van der Waals surface area contributed by atoms with Crippen molar-refractivity contribution >= 4 is 30.0 Å². The fourth-order valence-corrected chi connectivity index (χ4v) is 2.96. The Morgan fingerprint density at radius 2 is 1.84 bits per heavy atom. The molecule has 1 amide bonds. The molecular weight excluding hydrogens is 340 g/mol. The maximum Gasteiger partial charge on any atom is 0.306 e. The van der Waals surface area contributed by atoms with Crippen LogP contribution >= 0.6 is 12.4 Å². The summed E-state index contributed by atoms with van der Waals surface area (Å²) in [4.78, 5) is 23.4. The van der Waals surface area contributed by atoms with Crippen molar-refractivity contribution in [2.75, 3.05) is 25.0 Å². The van der Waals surface area contributed by atoms with Gasteiger partial charge in [-0.05, 0) is 69.3 Å². The Balaban J connectivity index is 0.00000312. The zero-order chi connectivity index (χ0) is 17.2. The molecule has 0 radical (unpaired) electrons. The number of nitrogens with one attached hydrogen (secondary N) is 2. The number of aryl methyl sites for hydroxylation is 1. The van der Waals surface area contributed by atoms with Gasteiger partial charge in [0.2, 0.25) is 5.91 Å². The fraction of sp³-hybridized carbons (Fsp3) is 0.579. The second-order valence-electron chi connectivity index (χ2n) is 6.28. The van der Waals surface area contributed by atoms with Crippen molar-refractivity contribution in [2.24, 2.45) is 5.92 Å². The molecule has 0 spiro atoms. The molecule has 1 aliphatic heterocycles. The molecule has 1 saturated heterocycles. The van der Waals surface area contributed by atoms with Gasteiger partial charge in [-0.15, -0.1) is 12.4 Å². The first-order valence-electron chi connectivity index (χ1n) is 8.92. The van der Waals surface area contributed by atoms with Gasteiger partial charge in [0.15, 0.2) is 0 Å². The van der Waals surface area contributed by atoms with Crippen molar-refractivity contribution in [3.05, 3.63) is 29.8 Å². The van der Waals surface area contributed by atoms with Gasteiger partial charge in [-0.1, -0.05) is 12.1 Å². The molecular formula is C19H29ClN2O3. The lowest BCUT2D eigenvalue weighted by Gasteiger charge is -2.22. The Hall–Kier alpha value is -1.59. The van der Waals surface area contributed by atoms with Crippen LogP contribution in [0.3, 0.4) is 0 Å². The third kappa shape index (κ3) is 8.36. The van der Waals surface area contributed by atoms with Gasteiger partial charge in [0.1, 0.15) is 0 Å². The Morgan fingerprint density at radius 3 is 2.48 bits per heavy atom. The number of ether oxygens (including phenoxy) is 1. The van der Waals surface area contributed by atoms with E-state index in [2.05, 4.69) is 10.6 Å². The Kier molecular flexibility index (Phi) is 10.2. The molecule has 1 aromatic rings. The summed E-state index contributed by atoms with van der Waals surface area (Å²) in [6.45, 7) is 4.36. The number of benzene rings is 1. The molecule has 1 fully saturated rings. The Bertz CT molecular complexity index is 528. The third-order valence-corrected chi connectivity index (χ3v) is 4.40. The van der Waals surface area contributed by atoms with Crippen LogP contribution in [0, 0.1) is 5.92 Å². The van der Waals surface area contributed by atoms with Crippen molar-refractivity contribution in [3.8, 4) is 0 Å². The highest BCUT2D eigenvalue weighted by atomic mass is 35.5. The molecule has 0 aliphatic carbocycles. The highest BCUT2D eigenvalue weighted by Gasteiger charge is 2.14. The minimum Gasteiger partial charge on any atom is -0.466 e. The second kappa shape index (κ2) is 11.9. The molecule has 6 heteroatoms. The standard InChI is InChI=1S/C19H28N2O3.ClH/c1-2-24-19(23)10-6-15-3-7-17(8-4-15)21-18(22)9-5-16-11-13-20-14-12-16;/h3-4,7-8,16,20H,2,5-6,9-14H2,1H3,(H,21,22);1H. The molecule has 1 heterocycles. The molecule has 1 aromatic carbocycles. The number of carbonyl (C=O) groups is 2. The number of piperidine rings is 1. The lowest BCUT2D eigenvalue weighted by molar-refractivity contribution is -0.143. The zero-order valence-electron chi connectivity index (χ0n) is 14.9. The number of hydrogen-bond donors (Lipinski definition) is 2. The van der Waals surface area contributed by atoms with Crippen LogP contribution in [-0.4, -0.2) is 31.6 Å². The molecule has 1 aliphatic rings. The summed E-state index contributed by atoms with van der Waals surface area (Å²) in [5.41, 5.74) is 1.88. The van der Waals surface area contributed by atoms with Gasteiger partial charge in [0.05, 0.1) is 6.61 Å². The molecule has 5 nitrogen and oxygen atoms in total. The zero-order valence-corrected chi connectivity index (χ0v) is 15.7. The third-order valence-electron chi connectivity index (χ3n) is 4.40. The van der Waals surface area contributed by atoms with Gasteiger partial charge in [0.25, 0.3) is 0 Å². The molecule has 140 valence electrons. The van der Waals surface area contributed by atoms with Crippen molar-refractivity contribution < 1.29 is 14.3 Å². The normalized spacial score (nSPS) is 14.4.